The number of likely N-dealkylation sites (N-methyl/N-ethyl adjacent to an activating group) is 1. The summed E-state index contributed by atoms with van der Waals surface area (Å²) in [5.41, 5.74) is 21.2. The van der Waals surface area contributed by atoms with Gasteiger partial charge in [-0.3, -0.25) is 19.8 Å². The van der Waals surface area contributed by atoms with Gasteiger partial charge in [-0.15, -0.1) is 0 Å². The maximum atomic E-state index is 13.8. The predicted octanol–water partition coefficient (Wildman–Crippen LogP) is 4.30. The van der Waals surface area contributed by atoms with E-state index in [1.807, 2.05) is 36.2 Å². The number of aromatic nitrogens is 2. The number of para-hydroxylation sites is 3. The molecule has 13 nitrogen and oxygen atoms in total. The number of carbonyl (C=O) groups excluding carboxylic acids is 2. The first-order valence-corrected chi connectivity index (χ1v) is 17.9. The fourth-order valence-corrected chi connectivity index (χ4v) is 6.42. The summed E-state index contributed by atoms with van der Waals surface area (Å²) in [6.45, 7) is 7.12. The monoisotopic (exact) mass is 737 g/mol. The largest absolute Gasteiger partial charge is 0.507 e. The molecule has 2 amide bonds. The fraction of sp³-hybridized carbons (Fsp3) is 0.447. The zero-order valence-corrected chi connectivity index (χ0v) is 30.8. The Hall–Kier alpha value is -5.31. The fourth-order valence-electron chi connectivity index (χ4n) is 6.42. The summed E-state index contributed by atoms with van der Waals surface area (Å²) in [5.74, 6) is -1.96. The van der Waals surface area contributed by atoms with Crippen molar-refractivity contribution in [2.24, 2.45) is 17.2 Å². The van der Waals surface area contributed by atoms with Gasteiger partial charge in [-0.05, 0) is 62.6 Å². The molecule has 0 radical (unpaired) electrons. The summed E-state index contributed by atoms with van der Waals surface area (Å²) in [6, 6.07) is 15.0. The lowest BCUT2D eigenvalue weighted by molar-refractivity contribution is -0.129. The summed E-state index contributed by atoms with van der Waals surface area (Å²) in [5, 5.41) is 16.6. The van der Waals surface area contributed by atoms with Crippen molar-refractivity contribution in [2.45, 2.75) is 64.3 Å². The average molecular weight is 738 g/mol. The van der Waals surface area contributed by atoms with E-state index in [9.17, 15) is 23.5 Å². The molecule has 15 heteroatoms. The van der Waals surface area contributed by atoms with E-state index in [-0.39, 0.29) is 42.4 Å². The van der Waals surface area contributed by atoms with Gasteiger partial charge < -0.3 is 36.8 Å². The van der Waals surface area contributed by atoms with Gasteiger partial charge in [0.05, 0.1) is 36.9 Å². The van der Waals surface area contributed by atoms with Crippen LogP contribution in [0, 0.1) is 0 Å². The minimum atomic E-state index is -2.58. The number of nitrogens with zero attached hydrogens (tertiary/aromatic N) is 5. The van der Waals surface area contributed by atoms with E-state index in [0.29, 0.717) is 29.8 Å². The number of piperidine rings is 2. The van der Waals surface area contributed by atoms with Gasteiger partial charge in [0, 0.05) is 57.2 Å². The van der Waals surface area contributed by atoms with E-state index in [0.717, 1.165) is 63.5 Å². The summed E-state index contributed by atoms with van der Waals surface area (Å²) >= 11 is 0. The highest BCUT2D eigenvalue weighted by atomic mass is 19.3. The molecule has 0 unspecified atom stereocenters. The standard InChI is InChI=1S/C23H31F2N7O.C9H11NO.C6H11NO2/c24-23(25)8-3-9-31(15-23)16-6-10-30(11-7-16)17-13-29-32(14-17)20(22(27)28)12-19(26)18-4-1-2-5-21(18)33;1-10-6-7-11-9-5-3-2-4-8(9)10;1-3-4-6(9)7-5(2)8/h1-2,4-5,12-14,16,33H,3,6-11,15,26-28H2;2-5H,6-7H2,1H3;3-4H2,1-2H3,(H,7,8,9)/b19-12-;;. The number of hydrogen-bond donors (Lipinski definition) is 5. The molecule has 2 fully saturated rings. The van der Waals surface area contributed by atoms with Gasteiger partial charge >= 0.3 is 0 Å². The second-order valence-corrected chi connectivity index (χ2v) is 13.3. The third kappa shape index (κ3) is 11.9. The van der Waals surface area contributed by atoms with Crippen molar-refractivity contribution in [2.75, 3.05) is 56.2 Å². The second kappa shape index (κ2) is 19.0. The number of rotatable bonds is 7. The quantitative estimate of drug-likeness (QED) is 0.218. The summed E-state index contributed by atoms with van der Waals surface area (Å²) in [7, 11) is 2.08. The number of benzene rings is 2. The number of nitrogens with one attached hydrogen (secondary N) is 1. The number of likely N-dealkylation sites (tertiary alicyclic amines) is 1. The Morgan fingerprint density at radius 1 is 1.06 bits per heavy atom. The van der Waals surface area contributed by atoms with Gasteiger partial charge in [-0.2, -0.15) is 5.10 Å². The number of hydrogen-bond acceptors (Lipinski definition) is 11. The third-order valence-electron chi connectivity index (χ3n) is 9.14. The number of amides is 2. The van der Waals surface area contributed by atoms with E-state index in [1.165, 1.54) is 12.6 Å². The minimum Gasteiger partial charge on any atom is -0.507 e. The number of carbonyl (C=O) groups is 2. The number of phenolic OH excluding ortho intramolecular Hbond substituents is 1. The molecule has 0 saturated carbocycles. The van der Waals surface area contributed by atoms with Crippen LogP contribution in [0.3, 0.4) is 0 Å². The van der Waals surface area contributed by atoms with Crippen molar-refractivity contribution in [1.82, 2.24) is 20.0 Å². The number of fused-ring (bicyclic) bond motifs is 1. The summed E-state index contributed by atoms with van der Waals surface area (Å²) in [4.78, 5) is 27.1. The third-order valence-corrected chi connectivity index (χ3v) is 9.14. The molecule has 288 valence electrons. The van der Waals surface area contributed by atoms with Crippen molar-refractivity contribution in [3.63, 3.8) is 0 Å². The van der Waals surface area contributed by atoms with Crippen molar-refractivity contribution in [1.29, 1.82) is 0 Å². The average Bonchev–Trinajstić information content (AvgIpc) is 3.61. The van der Waals surface area contributed by atoms with Crippen molar-refractivity contribution in [3.8, 4) is 11.5 Å². The zero-order valence-electron chi connectivity index (χ0n) is 30.8. The van der Waals surface area contributed by atoms with E-state index in [4.69, 9.17) is 21.9 Å². The van der Waals surface area contributed by atoms with Crippen LogP contribution in [0.15, 0.2) is 72.8 Å². The first-order valence-electron chi connectivity index (χ1n) is 17.9. The van der Waals surface area contributed by atoms with E-state index >= 15 is 0 Å². The normalized spacial score (nSPS) is 17.2. The van der Waals surface area contributed by atoms with Gasteiger partial charge in [0.25, 0.3) is 5.92 Å². The molecule has 0 spiro atoms. The number of halogens is 2. The van der Waals surface area contributed by atoms with Crippen LogP contribution in [0.4, 0.5) is 20.2 Å². The number of alkyl halides is 2. The van der Waals surface area contributed by atoms with Gasteiger partial charge in [-0.1, -0.05) is 31.2 Å². The van der Waals surface area contributed by atoms with Crippen molar-refractivity contribution in [3.05, 3.63) is 78.4 Å². The van der Waals surface area contributed by atoms with Crippen LogP contribution in [0.5, 0.6) is 11.5 Å². The molecule has 0 bridgehead atoms. The molecular weight excluding hydrogens is 684 g/mol. The molecule has 3 aliphatic heterocycles. The Morgan fingerprint density at radius 3 is 2.40 bits per heavy atom. The van der Waals surface area contributed by atoms with Gasteiger partial charge in [0.2, 0.25) is 11.8 Å². The highest BCUT2D eigenvalue weighted by Gasteiger charge is 2.38. The summed E-state index contributed by atoms with van der Waals surface area (Å²) < 4.78 is 34.6. The first-order chi connectivity index (χ1) is 25.3. The highest BCUT2D eigenvalue weighted by Crippen LogP contribution is 2.32. The molecule has 0 atom stereocenters. The molecular formula is C38H53F2N9O4. The van der Waals surface area contributed by atoms with E-state index < -0.39 is 5.92 Å². The van der Waals surface area contributed by atoms with Crippen LogP contribution in [0.2, 0.25) is 0 Å². The number of allylic oxidation sites excluding steroid dienone is 2. The molecule has 3 aliphatic rings. The predicted molar refractivity (Wildman–Crippen MR) is 204 cm³/mol. The molecule has 2 saturated heterocycles. The Kier molecular flexibility index (Phi) is 14.5. The maximum absolute atomic E-state index is 13.8. The number of aromatic hydroxyl groups is 1. The van der Waals surface area contributed by atoms with Gasteiger partial charge in [-0.25, -0.2) is 13.5 Å². The van der Waals surface area contributed by atoms with Gasteiger partial charge in [0.1, 0.15) is 29.6 Å². The SMILES string of the molecule is CCCC(=O)NC(C)=O.CN1CCOc2ccccc21.NC(N)=C(/C=C(\N)c1ccccc1O)n1cc(N2CCC(N3CCCC(F)(F)C3)CC2)cn1. The highest BCUT2D eigenvalue weighted by molar-refractivity contribution is 5.93. The van der Waals surface area contributed by atoms with Crippen LogP contribution in [-0.4, -0.2) is 89.9 Å². The molecule has 0 aliphatic carbocycles. The van der Waals surface area contributed by atoms with Crippen molar-refractivity contribution < 1.29 is 28.2 Å². The minimum absolute atomic E-state index is 0.00942. The van der Waals surface area contributed by atoms with Crippen LogP contribution in [0.25, 0.3) is 11.4 Å². The van der Waals surface area contributed by atoms with Crippen LogP contribution in [0.1, 0.15) is 57.9 Å². The number of nitrogens with two attached hydrogens (primary N) is 3. The van der Waals surface area contributed by atoms with Crippen LogP contribution in [-0.2, 0) is 9.59 Å². The molecule has 4 heterocycles. The zero-order chi connectivity index (χ0) is 38.5. The molecule has 3 aromatic rings. The number of phenols is 1. The van der Waals surface area contributed by atoms with E-state index in [1.54, 1.807) is 41.2 Å². The lowest BCUT2D eigenvalue weighted by Gasteiger charge is -2.42. The Balaban J connectivity index is 0.000000254. The Morgan fingerprint density at radius 2 is 1.75 bits per heavy atom. The summed E-state index contributed by atoms with van der Waals surface area (Å²) in [6.07, 6.45) is 8.51. The lowest BCUT2D eigenvalue weighted by Crippen LogP contribution is -2.51. The van der Waals surface area contributed by atoms with Crippen molar-refractivity contribution >= 4 is 34.6 Å². The Bertz CT molecular complexity index is 1730. The molecule has 1 aromatic heterocycles. The topological polar surface area (TPSA) is 181 Å². The number of imide groups is 1. The van der Waals surface area contributed by atoms with Gasteiger partial charge in [0.15, 0.2) is 0 Å². The Labute approximate surface area is 310 Å². The maximum Gasteiger partial charge on any atom is 0.260 e. The lowest BCUT2D eigenvalue weighted by atomic mass is 9.98. The molecule has 2 aromatic carbocycles. The second-order valence-electron chi connectivity index (χ2n) is 13.3. The molecule has 8 N–H and O–H groups in total. The first kappa shape index (κ1) is 40.5. The smallest absolute Gasteiger partial charge is 0.260 e. The molecule has 6 rings (SSSR count). The molecule has 53 heavy (non-hydrogen) atoms. The van der Waals surface area contributed by atoms with Crippen LogP contribution < -0.4 is 37.1 Å². The number of ether oxygens (including phenoxy) is 1. The van der Waals surface area contributed by atoms with E-state index in [2.05, 4.69) is 33.3 Å². The number of anilines is 2. The van der Waals surface area contributed by atoms with Crippen LogP contribution >= 0.6 is 0 Å².